The zero-order valence-electron chi connectivity index (χ0n) is 12.7. The first-order valence-electron chi connectivity index (χ1n) is 7.33. The van der Waals surface area contributed by atoms with E-state index in [-0.39, 0.29) is 12.7 Å². The minimum atomic E-state index is -0.846. The van der Waals surface area contributed by atoms with Crippen molar-refractivity contribution in [3.63, 3.8) is 0 Å². The molecule has 0 aliphatic carbocycles. The van der Waals surface area contributed by atoms with Crippen LogP contribution < -0.4 is 0 Å². The van der Waals surface area contributed by atoms with Crippen molar-refractivity contribution in [2.45, 2.75) is 19.3 Å². The number of carbonyl (C=O) groups is 1. The quantitative estimate of drug-likeness (QED) is 0.646. The highest BCUT2D eigenvalue weighted by Gasteiger charge is 2.12. The molecule has 2 rings (SSSR count). The standard InChI is InChI=1S/C18H19ClO4/c19-18(20)23-14-17(22-12-16-9-5-2-6-10-16)13-21-11-15-7-3-1-4-8-15/h1-10,17H,11-14H2/t17-/m0/s1. The molecule has 0 bridgehead atoms. The molecule has 0 saturated heterocycles. The molecule has 0 aromatic heterocycles. The van der Waals surface area contributed by atoms with E-state index in [4.69, 9.17) is 25.8 Å². The van der Waals surface area contributed by atoms with E-state index < -0.39 is 5.43 Å². The van der Waals surface area contributed by atoms with Crippen LogP contribution in [0.2, 0.25) is 0 Å². The summed E-state index contributed by atoms with van der Waals surface area (Å²) in [6.45, 7) is 1.26. The second kappa shape index (κ2) is 10.0. The molecule has 0 saturated carbocycles. The van der Waals surface area contributed by atoms with Crippen molar-refractivity contribution in [2.24, 2.45) is 0 Å². The van der Waals surface area contributed by atoms with Gasteiger partial charge in [0, 0.05) is 11.6 Å². The first-order valence-corrected chi connectivity index (χ1v) is 7.71. The predicted octanol–water partition coefficient (Wildman–Crippen LogP) is 4.16. The summed E-state index contributed by atoms with van der Waals surface area (Å²) in [5, 5.41) is 0. The maximum absolute atomic E-state index is 10.8. The Balaban J connectivity index is 1.79. The van der Waals surface area contributed by atoms with Crippen LogP contribution in [0.15, 0.2) is 60.7 Å². The second-order valence-corrected chi connectivity index (χ2v) is 5.28. The van der Waals surface area contributed by atoms with Crippen molar-refractivity contribution in [3.05, 3.63) is 71.8 Å². The molecule has 0 heterocycles. The summed E-state index contributed by atoms with van der Waals surface area (Å²) in [5.41, 5.74) is 1.27. The van der Waals surface area contributed by atoms with Gasteiger partial charge >= 0.3 is 5.43 Å². The van der Waals surface area contributed by atoms with E-state index in [1.54, 1.807) is 0 Å². The van der Waals surface area contributed by atoms with E-state index in [0.29, 0.717) is 19.8 Å². The first-order chi connectivity index (χ1) is 11.2. The van der Waals surface area contributed by atoms with Crippen LogP contribution in [0.1, 0.15) is 11.1 Å². The third-order valence-electron chi connectivity index (χ3n) is 3.13. The van der Waals surface area contributed by atoms with Crippen molar-refractivity contribution >= 4 is 17.0 Å². The lowest BCUT2D eigenvalue weighted by molar-refractivity contribution is -0.0539. The Morgan fingerprint density at radius 3 is 2.00 bits per heavy atom. The van der Waals surface area contributed by atoms with Crippen LogP contribution in [-0.2, 0) is 27.4 Å². The average molecular weight is 335 g/mol. The molecule has 0 N–H and O–H groups in total. The van der Waals surface area contributed by atoms with Crippen molar-refractivity contribution in [1.29, 1.82) is 0 Å². The Hall–Kier alpha value is -1.88. The molecule has 1 atom stereocenters. The van der Waals surface area contributed by atoms with Gasteiger partial charge < -0.3 is 14.2 Å². The summed E-state index contributed by atoms with van der Waals surface area (Å²) in [7, 11) is 0. The molecule has 0 aliphatic heterocycles. The van der Waals surface area contributed by atoms with Gasteiger partial charge in [0.25, 0.3) is 0 Å². The van der Waals surface area contributed by atoms with Gasteiger partial charge in [-0.1, -0.05) is 60.7 Å². The monoisotopic (exact) mass is 334 g/mol. The number of halogens is 1. The predicted molar refractivity (Wildman–Crippen MR) is 88.3 cm³/mol. The van der Waals surface area contributed by atoms with E-state index in [1.807, 2.05) is 60.7 Å². The van der Waals surface area contributed by atoms with Crippen LogP contribution in [0.3, 0.4) is 0 Å². The Bertz CT molecular complexity index is 574. The minimum absolute atomic E-state index is 0.0595. The zero-order chi connectivity index (χ0) is 16.3. The highest BCUT2D eigenvalue weighted by atomic mass is 35.5. The molecule has 5 heteroatoms. The first kappa shape index (κ1) is 17.5. The third kappa shape index (κ3) is 7.28. The molecule has 0 unspecified atom stereocenters. The molecule has 0 amide bonds. The largest absolute Gasteiger partial charge is 0.451 e. The van der Waals surface area contributed by atoms with Crippen LogP contribution in [0.25, 0.3) is 0 Å². The summed E-state index contributed by atoms with van der Waals surface area (Å²) in [6, 6.07) is 19.6. The number of ether oxygens (including phenoxy) is 3. The highest BCUT2D eigenvalue weighted by Crippen LogP contribution is 2.07. The van der Waals surface area contributed by atoms with E-state index in [1.165, 1.54) is 0 Å². The fraction of sp³-hybridized carbons (Fsp3) is 0.278. The van der Waals surface area contributed by atoms with E-state index >= 15 is 0 Å². The maximum atomic E-state index is 10.8. The SMILES string of the molecule is O=C(Cl)OC[C@H](COCc1ccccc1)OCc1ccccc1. The zero-order valence-corrected chi connectivity index (χ0v) is 13.4. The molecule has 4 nitrogen and oxygen atoms in total. The van der Waals surface area contributed by atoms with Crippen LogP contribution in [0.5, 0.6) is 0 Å². The molecule has 2 aromatic rings. The summed E-state index contributed by atoms with van der Waals surface area (Å²) >= 11 is 5.21. The molecule has 2 aromatic carbocycles. The van der Waals surface area contributed by atoms with E-state index in [0.717, 1.165) is 11.1 Å². The topological polar surface area (TPSA) is 44.8 Å². The van der Waals surface area contributed by atoms with Gasteiger partial charge in [-0.25, -0.2) is 4.79 Å². The number of carbonyl (C=O) groups excluding carboxylic acids is 1. The summed E-state index contributed by atoms with van der Waals surface area (Å²) in [6.07, 6.45) is -0.374. The Labute approximate surface area is 140 Å². The van der Waals surface area contributed by atoms with Crippen LogP contribution >= 0.6 is 11.6 Å². The number of benzene rings is 2. The van der Waals surface area contributed by atoms with Crippen molar-refractivity contribution in [1.82, 2.24) is 0 Å². The van der Waals surface area contributed by atoms with Gasteiger partial charge in [-0.15, -0.1) is 0 Å². The normalized spacial score (nSPS) is 11.9. The summed E-state index contributed by atoms with van der Waals surface area (Å²) < 4.78 is 16.2. The van der Waals surface area contributed by atoms with Gasteiger partial charge in [0.1, 0.15) is 12.7 Å². The van der Waals surface area contributed by atoms with Gasteiger partial charge in [-0.3, -0.25) is 0 Å². The van der Waals surface area contributed by atoms with Gasteiger partial charge in [0.05, 0.1) is 19.8 Å². The van der Waals surface area contributed by atoms with Crippen LogP contribution in [0.4, 0.5) is 4.79 Å². The molecule has 23 heavy (non-hydrogen) atoms. The average Bonchev–Trinajstić information content (AvgIpc) is 2.58. The Morgan fingerprint density at radius 1 is 0.870 bits per heavy atom. The van der Waals surface area contributed by atoms with Gasteiger partial charge in [-0.05, 0) is 11.1 Å². The van der Waals surface area contributed by atoms with E-state index in [9.17, 15) is 4.79 Å². The van der Waals surface area contributed by atoms with Crippen molar-refractivity contribution in [3.8, 4) is 0 Å². The number of hydrogen-bond acceptors (Lipinski definition) is 4. The van der Waals surface area contributed by atoms with Gasteiger partial charge in [0.2, 0.25) is 0 Å². The number of hydrogen-bond donors (Lipinski definition) is 0. The fourth-order valence-electron chi connectivity index (χ4n) is 1.97. The molecular weight excluding hydrogens is 316 g/mol. The Morgan fingerprint density at radius 2 is 1.43 bits per heavy atom. The molecule has 0 aliphatic rings. The van der Waals surface area contributed by atoms with Gasteiger partial charge in [0.15, 0.2) is 0 Å². The van der Waals surface area contributed by atoms with Gasteiger partial charge in [-0.2, -0.15) is 0 Å². The lowest BCUT2D eigenvalue weighted by atomic mass is 10.2. The molecular formula is C18H19ClO4. The molecule has 0 fully saturated rings. The summed E-state index contributed by atoms with van der Waals surface area (Å²) in [5.74, 6) is 0. The fourth-order valence-corrected chi connectivity index (χ4v) is 2.04. The van der Waals surface area contributed by atoms with Crippen molar-refractivity contribution in [2.75, 3.05) is 13.2 Å². The molecule has 0 spiro atoms. The smallest absolute Gasteiger partial charge is 0.403 e. The maximum Gasteiger partial charge on any atom is 0.403 e. The number of rotatable bonds is 9. The van der Waals surface area contributed by atoms with Crippen LogP contribution in [-0.4, -0.2) is 24.7 Å². The summed E-state index contributed by atoms with van der Waals surface area (Å²) in [4.78, 5) is 10.8. The lowest BCUT2D eigenvalue weighted by Gasteiger charge is -2.17. The highest BCUT2D eigenvalue weighted by molar-refractivity contribution is 6.61. The second-order valence-electron chi connectivity index (χ2n) is 4.97. The minimum Gasteiger partial charge on any atom is -0.451 e. The van der Waals surface area contributed by atoms with E-state index in [2.05, 4.69) is 0 Å². The molecule has 0 radical (unpaired) electrons. The van der Waals surface area contributed by atoms with Crippen molar-refractivity contribution < 1.29 is 19.0 Å². The lowest BCUT2D eigenvalue weighted by Crippen LogP contribution is -2.26. The molecule has 122 valence electrons. The third-order valence-corrected chi connectivity index (χ3v) is 3.24. The van der Waals surface area contributed by atoms with Crippen LogP contribution in [0, 0.1) is 0 Å². The Kier molecular flexibility index (Phi) is 7.60.